The third-order valence-corrected chi connectivity index (χ3v) is 9.94. The van der Waals surface area contributed by atoms with Gasteiger partial charge in [0.2, 0.25) is 0 Å². The molecule has 6 nitrogen and oxygen atoms in total. The number of aliphatic hydroxyl groups is 1. The van der Waals surface area contributed by atoms with E-state index in [-0.39, 0.29) is 16.7 Å². The first-order valence-corrected chi connectivity index (χ1v) is 14.0. The van der Waals surface area contributed by atoms with Gasteiger partial charge < -0.3 is 14.6 Å². The maximum Gasteiger partial charge on any atom is 0.166 e. The molecule has 37 heavy (non-hydrogen) atoms. The molecule has 1 atom stereocenters. The summed E-state index contributed by atoms with van der Waals surface area (Å²) >= 11 is 0. The Balaban J connectivity index is 1.38. The molecule has 0 bridgehead atoms. The minimum Gasteiger partial charge on any atom is -0.497 e. The van der Waals surface area contributed by atoms with Crippen LogP contribution in [0.1, 0.15) is 62.5 Å². The van der Waals surface area contributed by atoms with Crippen molar-refractivity contribution in [3.8, 4) is 5.75 Å². The number of ether oxygens (including phenoxy) is 2. The van der Waals surface area contributed by atoms with Crippen molar-refractivity contribution in [1.82, 2.24) is 14.7 Å². The number of aliphatic hydroxyl groups excluding tert-OH is 1. The third-order valence-electron chi connectivity index (χ3n) is 9.94. The molecule has 5 rings (SSSR count). The normalized spacial score (nSPS) is 30.1. The predicted molar refractivity (Wildman–Crippen MR) is 147 cm³/mol. The van der Waals surface area contributed by atoms with E-state index >= 15 is 0 Å². The van der Waals surface area contributed by atoms with E-state index in [1.165, 1.54) is 17.5 Å². The summed E-state index contributed by atoms with van der Waals surface area (Å²) in [7, 11) is 8.00. The predicted octanol–water partition coefficient (Wildman–Crippen LogP) is 4.82. The van der Waals surface area contributed by atoms with Crippen molar-refractivity contribution in [2.24, 2.45) is 0 Å². The van der Waals surface area contributed by atoms with Gasteiger partial charge in [0, 0.05) is 37.8 Å². The van der Waals surface area contributed by atoms with Crippen LogP contribution in [0, 0.1) is 0 Å². The molecule has 1 unspecified atom stereocenters. The topological polar surface area (TPSA) is 48.4 Å². The first kappa shape index (κ1) is 26.6. The van der Waals surface area contributed by atoms with Crippen LogP contribution in [0.2, 0.25) is 0 Å². The van der Waals surface area contributed by atoms with Crippen LogP contribution in [0.3, 0.4) is 0 Å². The molecule has 6 heteroatoms. The highest BCUT2D eigenvalue weighted by atomic mass is 16.5. The van der Waals surface area contributed by atoms with Gasteiger partial charge in [0.15, 0.2) is 6.35 Å². The Bertz CT molecular complexity index is 1010. The Hall–Kier alpha value is -1.96. The van der Waals surface area contributed by atoms with Crippen molar-refractivity contribution < 1.29 is 14.6 Å². The highest BCUT2D eigenvalue weighted by Gasteiger charge is 2.55. The number of methoxy groups -OCH3 is 2. The molecule has 2 aromatic carbocycles. The van der Waals surface area contributed by atoms with Crippen LogP contribution in [-0.2, 0) is 16.8 Å². The molecule has 1 N–H and O–H groups in total. The summed E-state index contributed by atoms with van der Waals surface area (Å²) in [6.07, 6.45) is 8.20. The molecule has 2 aromatic rings. The lowest BCUT2D eigenvalue weighted by molar-refractivity contribution is -0.121. The molecule has 2 saturated carbocycles. The van der Waals surface area contributed by atoms with Gasteiger partial charge in [-0.2, -0.15) is 0 Å². The van der Waals surface area contributed by atoms with Crippen LogP contribution in [0.15, 0.2) is 54.6 Å². The fourth-order valence-corrected chi connectivity index (χ4v) is 7.22. The van der Waals surface area contributed by atoms with E-state index in [0.29, 0.717) is 0 Å². The zero-order valence-electron chi connectivity index (χ0n) is 23.2. The van der Waals surface area contributed by atoms with Crippen molar-refractivity contribution in [2.75, 3.05) is 41.4 Å². The van der Waals surface area contributed by atoms with Crippen molar-refractivity contribution in [3.05, 3.63) is 65.7 Å². The van der Waals surface area contributed by atoms with Gasteiger partial charge in [-0.25, -0.2) is 0 Å². The lowest BCUT2D eigenvalue weighted by Gasteiger charge is -2.52. The number of benzene rings is 2. The molecule has 1 aliphatic heterocycles. The summed E-state index contributed by atoms with van der Waals surface area (Å²) < 4.78 is 11.3. The Morgan fingerprint density at radius 1 is 0.919 bits per heavy atom. The number of rotatable bonds is 9. The maximum absolute atomic E-state index is 11.7. The van der Waals surface area contributed by atoms with Gasteiger partial charge in [-0.1, -0.05) is 42.5 Å². The van der Waals surface area contributed by atoms with Crippen molar-refractivity contribution >= 4 is 0 Å². The van der Waals surface area contributed by atoms with Crippen LogP contribution in [0.4, 0.5) is 0 Å². The minimum atomic E-state index is -0.584. The Kier molecular flexibility index (Phi) is 7.68. The second kappa shape index (κ2) is 10.7. The first-order valence-electron chi connectivity index (χ1n) is 14.0. The molecular weight excluding hydrogens is 462 g/mol. The van der Waals surface area contributed by atoms with Gasteiger partial charge in [0.1, 0.15) is 5.75 Å². The highest BCUT2D eigenvalue weighted by molar-refractivity contribution is 5.28. The Morgan fingerprint density at radius 2 is 1.59 bits per heavy atom. The second-order valence-electron chi connectivity index (χ2n) is 11.8. The first-order chi connectivity index (χ1) is 17.9. The zero-order valence-corrected chi connectivity index (χ0v) is 23.2. The van der Waals surface area contributed by atoms with Gasteiger partial charge >= 0.3 is 0 Å². The third kappa shape index (κ3) is 4.95. The molecule has 1 saturated heterocycles. The van der Waals surface area contributed by atoms with Gasteiger partial charge in [-0.15, -0.1) is 0 Å². The molecule has 1 heterocycles. The van der Waals surface area contributed by atoms with Crippen LogP contribution >= 0.6 is 0 Å². The molecule has 0 aromatic heterocycles. The lowest BCUT2D eigenvalue weighted by atomic mass is 9.68. The number of hydrogen-bond acceptors (Lipinski definition) is 6. The van der Waals surface area contributed by atoms with E-state index in [1.54, 1.807) is 7.11 Å². The van der Waals surface area contributed by atoms with Gasteiger partial charge in [0.05, 0.1) is 12.7 Å². The summed E-state index contributed by atoms with van der Waals surface area (Å²) in [6, 6.07) is 19.3. The zero-order chi connectivity index (χ0) is 26.1. The molecule has 202 valence electrons. The SMILES string of the molecule is COc1ccc(CN2CC3(CCC(c4ccccc4)(N(C)C)CC3)N(CCC3(OC)CCC3)C2O)cc1. The van der Waals surface area contributed by atoms with E-state index in [1.807, 2.05) is 19.2 Å². The molecule has 0 amide bonds. The maximum atomic E-state index is 11.7. The van der Waals surface area contributed by atoms with Crippen molar-refractivity contribution in [3.63, 3.8) is 0 Å². The lowest BCUT2D eigenvalue weighted by Crippen LogP contribution is -2.57. The summed E-state index contributed by atoms with van der Waals surface area (Å²) in [5, 5.41) is 11.7. The van der Waals surface area contributed by atoms with E-state index in [4.69, 9.17) is 9.47 Å². The Labute approximate surface area is 223 Å². The largest absolute Gasteiger partial charge is 0.497 e. The van der Waals surface area contributed by atoms with Crippen molar-refractivity contribution in [1.29, 1.82) is 0 Å². The van der Waals surface area contributed by atoms with Crippen LogP contribution < -0.4 is 4.74 Å². The molecule has 1 spiro atoms. The molecule has 2 aliphatic carbocycles. The molecule has 0 radical (unpaired) electrons. The average molecular weight is 508 g/mol. The van der Waals surface area contributed by atoms with Crippen LogP contribution in [0.5, 0.6) is 5.75 Å². The van der Waals surface area contributed by atoms with Gasteiger partial charge in [-0.3, -0.25) is 14.7 Å². The summed E-state index contributed by atoms with van der Waals surface area (Å²) in [5.41, 5.74) is 2.61. The number of nitrogens with zero attached hydrogens (tertiary/aromatic N) is 3. The average Bonchev–Trinajstić information content (AvgIpc) is 3.15. The van der Waals surface area contributed by atoms with Crippen LogP contribution in [-0.4, -0.2) is 78.7 Å². The van der Waals surface area contributed by atoms with Crippen molar-refractivity contribution in [2.45, 2.75) is 80.9 Å². The van der Waals surface area contributed by atoms with Gasteiger partial charge in [-0.05, 0) is 88.7 Å². The van der Waals surface area contributed by atoms with E-state index in [9.17, 15) is 5.11 Å². The van der Waals surface area contributed by atoms with E-state index in [0.717, 1.165) is 70.3 Å². The van der Waals surface area contributed by atoms with E-state index < -0.39 is 6.35 Å². The van der Waals surface area contributed by atoms with Gasteiger partial charge in [0.25, 0.3) is 0 Å². The molecule has 3 fully saturated rings. The second-order valence-corrected chi connectivity index (χ2v) is 11.8. The summed E-state index contributed by atoms with van der Waals surface area (Å²) in [6.45, 7) is 2.49. The monoisotopic (exact) mass is 507 g/mol. The van der Waals surface area contributed by atoms with E-state index in [2.05, 4.69) is 71.3 Å². The fraction of sp³-hybridized carbons (Fsp3) is 0.613. The van der Waals surface area contributed by atoms with Crippen LogP contribution in [0.25, 0.3) is 0 Å². The standard InChI is InChI=1S/C31H45N3O3/c1-32(2)31(26-9-6-5-7-10-26)19-17-29(18-20-31)24-33(23-25-11-13-27(36-3)14-12-25)28(35)34(29)22-21-30(37-4)15-8-16-30/h5-7,9-14,28,35H,8,15-24H2,1-4H3. The molecular formula is C31H45N3O3. The quantitative estimate of drug-likeness (QED) is 0.525. The summed E-state index contributed by atoms with van der Waals surface area (Å²) in [5.74, 6) is 0.863. The molecule has 3 aliphatic rings. The smallest absolute Gasteiger partial charge is 0.166 e. The number of hydrogen-bond donors (Lipinski definition) is 1. The minimum absolute atomic E-state index is 0.00356. The summed E-state index contributed by atoms with van der Waals surface area (Å²) in [4.78, 5) is 7.13. The fourth-order valence-electron chi connectivity index (χ4n) is 7.22. The highest BCUT2D eigenvalue weighted by Crippen LogP contribution is 2.50. The Morgan fingerprint density at radius 3 is 2.14 bits per heavy atom.